The van der Waals surface area contributed by atoms with Gasteiger partial charge in [-0.2, -0.15) is 0 Å². The monoisotopic (exact) mass is 458 g/mol. The Morgan fingerprint density at radius 3 is 1.50 bits per heavy atom. The van der Waals surface area contributed by atoms with E-state index in [2.05, 4.69) is 0 Å². The summed E-state index contributed by atoms with van der Waals surface area (Å²) >= 11 is 0.137. The molecular formula is C18H18O4Se2. The van der Waals surface area contributed by atoms with Crippen molar-refractivity contribution in [1.82, 2.24) is 0 Å². The maximum absolute atomic E-state index is 12.1. The van der Waals surface area contributed by atoms with E-state index in [0.29, 0.717) is 24.3 Å². The number of rotatable bonds is 7. The molecule has 0 atom stereocenters. The van der Waals surface area contributed by atoms with Crippen molar-refractivity contribution in [1.29, 1.82) is 0 Å². The molecular weight excluding hydrogens is 438 g/mol. The van der Waals surface area contributed by atoms with E-state index < -0.39 is 0 Å². The third-order valence-corrected chi connectivity index (χ3v) is 10.2. The van der Waals surface area contributed by atoms with Crippen LogP contribution in [-0.2, 0) is 9.47 Å². The standard InChI is InChI=1S/C18H18O4Se2/c1-3-21-17(19)13-9-5-7-11-15(13)23-24-16-12-8-6-10-14(16)18(20)22-4-2/h5-12H,3-4H2,1-2H3. The number of benzene rings is 2. The third-order valence-electron chi connectivity index (χ3n) is 2.99. The first-order chi connectivity index (χ1) is 11.7. The average molecular weight is 456 g/mol. The van der Waals surface area contributed by atoms with E-state index in [1.165, 1.54) is 0 Å². The summed E-state index contributed by atoms with van der Waals surface area (Å²) in [6.07, 6.45) is 0. The first-order valence-corrected chi connectivity index (χ1v) is 13.6. The van der Waals surface area contributed by atoms with E-state index in [4.69, 9.17) is 9.47 Å². The van der Waals surface area contributed by atoms with Gasteiger partial charge in [0.05, 0.1) is 0 Å². The summed E-state index contributed by atoms with van der Waals surface area (Å²) in [4.78, 5) is 24.1. The maximum atomic E-state index is 12.1. The van der Waals surface area contributed by atoms with E-state index in [0.717, 1.165) is 8.92 Å². The molecule has 0 N–H and O–H groups in total. The predicted octanol–water partition coefficient (Wildman–Crippen LogP) is 1.31. The normalized spacial score (nSPS) is 10.2. The van der Waals surface area contributed by atoms with Gasteiger partial charge in [0.2, 0.25) is 0 Å². The molecule has 0 heterocycles. The van der Waals surface area contributed by atoms with Gasteiger partial charge in [-0.15, -0.1) is 0 Å². The first-order valence-electron chi connectivity index (χ1n) is 7.54. The molecule has 0 fully saturated rings. The van der Waals surface area contributed by atoms with E-state index in [9.17, 15) is 9.59 Å². The molecule has 0 aliphatic heterocycles. The first kappa shape index (κ1) is 18.8. The summed E-state index contributed by atoms with van der Waals surface area (Å²) < 4.78 is 12.2. The van der Waals surface area contributed by atoms with E-state index in [-0.39, 0.29) is 38.2 Å². The van der Waals surface area contributed by atoms with Crippen molar-refractivity contribution >= 4 is 47.1 Å². The van der Waals surface area contributed by atoms with Crippen LogP contribution in [-0.4, -0.2) is 51.4 Å². The number of ether oxygens (including phenoxy) is 2. The van der Waals surface area contributed by atoms with E-state index >= 15 is 0 Å². The Kier molecular flexibility index (Phi) is 7.54. The summed E-state index contributed by atoms with van der Waals surface area (Å²) in [5, 5.41) is 0. The molecule has 4 nitrogen and oxygen atoms in total. The fourth-order valence-electron chi connectivity index (χ4n) is 1.92. The Balaban J connectivity index is 2.18. The van der Waals surface area contributed by atoms with Crippen molar-refractivity contribution in [2.24, 2.45) is 0 Å². The van der Waals surface area contributed by atoms with Crippen molar-refractivity contribution < 1.29 is 19.1 Å². The van der Waals surface area contributed by atoms with Gasteiger partial charge in [0.25, 0.3) is 0 Å². The number of hydrogen-bond donors (Lipinski definition) is 0. The molecule has 2 aromatic rings. The van der Waals surface area contributed by atoms with Crippen molar-refractivity contribution in [3.63, 3.8) is 0 Å². The molecule has 0 amide bonds. The van der Waals surface area contributed by atoms with Crippen LogP contribution in [0.4, 0.5) is 0 Å². The summed E-state index contributed by atoms with van der Waals surface area (Å²) in [6, 6.07) is 15.0. The van der Waals surface area contributed by atoms with Crippen molar-refractivity contribution in [2.75, 3.05) is 13.2 Å². The molecule has 0 saturated heterocycles. The van der Waals surface area contributed by atoms with Crippen LogP contribution in [0.2, 0.25) is 0 Å². The minimum absolute atomic E-state index is 0.0684. The van der Waals surface area contributed by atoms with E-state index in [1.54, 1.807) is 26.0 Å². The molecule has 0 aliphatic rings. The second kappa shape index (κ2) is 9.65. The molecule has 0 bridgehead atoms. The van der Waals surface area contributed by atoms with Crippen LogP contribution in [0.1, 0.15) is 34.6 Å². The molecule has 0 spiro atoms. The van der Waals surface area contributed by atoms with Gasteiger partial charge in [-0.25, -0.2) is 0 Å². The van der Waals surface area contributed by atoms with Gasteiger partial charge in [-0.3, -0.25) is 0 Å². The molecule has 126 valence electrons. The minimum atomic E-state index is -0.288. The zero-order valence-corrected chi connectivity index (χ0v) is 16.9. The Hall–Kier alpha value is -1.58. The van der Waals surface area contributed by atoms with Gasteiger partial charge >= 0.3 is 153 Å². The van der Waals surface area contributed by atoms with Gasteiger partial charge in [0.15, 0.2) is 0 Å². The van der Waals surface area contributed by atoms with Crippen molar-refractivity contribution in [3.05, 3.63) is 59.7 Å². The molecule has 2 rings (SSSR count). The van der Waals surface area contributed by atoms with Crippen LogP contribution < -0.4 is 8.92 Å². The van der Waals surface area contributed by atoms with Crippen LogP contribution in [0.25, 0.3) is 0 Å². The molecule has 0 unspecified atom stereocenters. The number of esters is 2. The van der Waals surface area contributed by atoms with Gasteiger partial charge in [0.1, 0.15) is 0 Å². The summed E-state index contributed by atoms with van der Waals surface area (Å²) in [5.74, 6) is -0.575. The quantitative estimate of drug-likeness (QED) is 0.466. The Labute approximate surface area is 152 Å². The average Bonchev–Trinajstić information content (AvgIpc) is 2.61. The molecule has 6 heteroatoms. The number of carbonyl (C=O) groups is 2. The Morgan fingerprint density at radius 1 is 0.750 bits per heavy atom. The zero-order chi connectivity index (χ0) is 17.4. The number of hydrogen-bond acceptors (Lipinski definition) is 4. The SMILES string of the molecule is CCOC(=O)c1ccccc1[Se][Se]c1ccccc1C(=O)OCC. The van der Waals surface area contributed by atoms with Gasteiger partial charge < -0.3 is 0 Å². The molecule has 0 aromatic heterocycles. The fraction of sp³-hybridized carbons (Fsp3) is 0.222. The Bertz CT molecular complexity index is 654. The number of carbonyl (C=O) groups excluding carboxylic acids is 2. The zero-order valence-electron chi connectivity index (χ0n) is 13.5. The summed E-state index contributed by atoms with van der Waals surface area (Å²) in [7, 11) is 0. The van der Waals surface area contributed by atoms with Gasteiger partial charge in [-0.05, 0) is 0 Å². The second-order valence-electron chi connectivity index (χ2n) is 4.60. The van der Waals surface area contributed by atoms with Crippen LogP contribution >= 0.6 is 0 Å². The van der Waals surface area contributed by atoms with Crippen LogP contribution in [0.15, 0.2) is 48.5 Å². The fourth-order valence-corrected chi connectivity index (χ4v) is 9.00. The van der Waals surface area contributed by atoms with Crippen LogP contribution in [0.5, 0.6) is 0 Å². The third kappa shape index (κ3) is 4.96. The summed E-state index contributed by atoms with van der Waals surface area (Å²) in [6.45, 7) is 4.31. The molecule has 0 saturated carbocycles. The van der Waals surface area contributed by atoms with Gasteiger partial charge in [-0.1, -0.05) is 0 Å². The summed E-state index contributed by atoms with van der Waals surface area (Å²) in [5.41, 5.74) is 1.24. The molecule has 24 heavy (non-hydrogen) atoms. The molecule has 0 radical (unpaired) electrons. The second-order valence-corrected chi connectivity index (χ2v) is 10.8. The Morgan fingerprint density at radius 2 is 1.12 bits per heavy atom. The topological polar surface area (TPSA) is 52.6 Å². The van der Waals surface area contributed by atoms with Crippen LogP contribution in [0.3, 0.4) is 0 Å². The van der Waals surface area contributed by atoms with E-state index in [1.807, 2.05) is 36.4 Å². The van der Waals surface area contributed by atoms with Gasteiger partial charge in [0, 0.05) is 0 Å². The van der Waals surface area contributed by atoms with Crippen LogP contribution in [0, 0.1) is 0 Å². The predicted molar refractivity (Wildman–Crippen MR) is 95.6 cm³/mol. The van der Waals surface area contributed by atoms with Crippen molar-refractivity contribution in [3.8, 4) is 0 Å². The van der Waals surface area contributed by atoms with Crippen molar-refractivity contribution in [2.45, 2.75) is 13.8 Å². The molecule has 2 aromatic carbocycles. The molecule has 0 aliphatic carbocycles.